The highest BCUT2D eigenvalue weighted by Gasteiger charge is 2.61. The molecule has 0 aromatic heterocycles. The zero-order valence-corrected chi connectivity index (χ0v) is 5.95. The van der Waals surface area contributed by atoms with E-state index in [0.717, 1.165) is 0 Å². The van der Waals surface area contributed by atoms with Gasteiger partial charge in [0, 0.05) is 0 Å². The average Bonchev–Trinajstić information content (AvgIpc) is 2.06. The Morgan fingerprint density at radius 1 is 1.33 bits per heavy atom. The summed E-state index contributed by atoms with van der Waals surface area (Å²) in [6.07, 6.45) is -4.77. The first-order valence-electron chi connectivity index (χ1n) is 2.98. The van der Waals surface area contributed by atoms with E-state index in [-0.39, 0.29) is 0 Å². The van der Waals surface area contributed by atoms with Gasteiger partial charge in [0.25, 0.3) is 5.91 Å². The van der Waals surface area contributed by atoms with Crippen LogP contribution >= 0.6 is 0 Å². The van der Waals surface area contributed by atoms with Gasteiger partial charge in [0.15, 0.2) is 0 Å². The molecule has 12 heavy (non-hydrogen) atoms. The third-order valence-corrected chi connectivity index (χ3v) is 1.61. The molecular weight excluding hydrogens is 177 g/mol. The molecule has 0 radical (unpaired) electrons. The van der Waals surface area contributed by atoms with Crippen molar-refractivity contribution in [1.82, 2.24) is 10.6 Å². The van der Waals surface area contributed by atoms with Gasteiger partial charge < -0.3 is 5.32 Å². The molecule has 0 unspecified atom stereocenters. The number of hydrogen-bond donors (Lipinski definition) is 2. The first-order chi connectivity index (χ1) is 5.27. The van der Waals surface area contributed by atoms with Crippen LogP contribution in [0.2, 0.25) is 0 Å². The quantitative estimate of drug-likeness (QED) is 0.524. The Bertz CT molecular complexity index is 250. The minimum Gasteiger partial charge on any atom is -0.316 e. The lowest BCUT2D eigenvalue weighted by molar-refractivity contribution is -0.188. The van der Waals surface area contributed by atoms with E-state index in [0.29, 0.717) is 6.92 Å². The van der Waals surface area contributed by atoms with Gasteiger partial charge in [0.1, 0.15) is 0 Å². The van der Waals surface area contributed by atoms with Crippen molar-refractivity contribution in [3.63, 3.8) is 0 Å². The van der Waals surface area contributed by atoms with Crippen LogP contribution in [0.4, 0.5) is 18.0 Å². The molecule has 0 bridgehead atoms. The van der Waals surface area contributed by atoms with Crippen LogP contribution in [0, 0.1) is 0 Å². The fraction of sp³-hybridized carbons (Fsp3) is 0.600. The molecule has 1 saturated heterocycles. The van der Waals surface area contributed by atoms with E-state index < -0.39 is 23.7 Å². The summed E-state index contributed by atoms with van der Waals surface area (Å²) in [6.45, 7) is 0.604. The van der Waals surface area contributed by atoms with Gasteiger partial charge in [-0.1, -0.05) is 0 Å². The minimum absolute atomic E-state index is 0.604. The predicted molar refractivity (Wildman–Crippen MR) is 31.1 cm³/mol. The average molecular weight is 182 g/mol. The molecule has 1 atom stereocenters. The van der Waals surface area contributed by atoms with Crippen molar-refractivity contribution in [2.24, 2.45) is 0 Å². The van der Waals surface area contributed by atoms with Crippen LogP contribution in [0.5, 0.6) is 0 Å². The molecule has 7 heteroatoms. The highest BCUT2D eigenvalue weighted by molar-refractivity contribution is 6.07. The number of hydrogen-bond acceptors (Lipinski definition) is 2. The van der Waals surface area contributed by atoms with Crippen LogP contribution in [-0.4, -0.2) is 23.7 Å². The van der Waals surface area contributed by atoms with Gasteiger partial charge >= 0.3 is 12.2 Å². The minimum atomic E-state index is -4.77. The molecule has 0 aromatic carbocycles. The Morgan fingerprint density at radius 3 is 2.00 bits per heavy atom. The smallest absolute Gasteiger partial charge is 0.316 e. The summed E-state index contributed by atoms with van der Waals surface area (Å²) < 4.78 is 36.3. The second kappa shape index (κ2) is 2.11. The zero-order valence-electron chi connectivity index (χ0n) is 5.95. The first-order valence-corrected chi connectivity index (χ1v) is 2.98. The Balaban J connectivity index is 3.00. The van der Waals surface area contributed by atoms with Crippen molar-refractivity contribution >= 4 is 11.9 Å². The van der Waals surface area contributed by atoms with E-state index in [9.17, 15) is 22.8 Å². The summed E-state index contributed by atoms with van der Waals surface area (Å²) in [7, 11) is 0. The molecule has 3 amide bonds. The van der Waals surface area contributed by atoms with Crippen LogP contribution in [0.1, 0.15) is 6.92 Å². The lowest BCUT2D eigenvalue weighted by Gasteiger charge is -2.23. The molecule has 1 heterocycles. The summed E-state index contributed by atoms with van der Waals surface area (Å²) in [5, 5.41) is 3.00. The molecule has 68 valence electrons. The maximum atomic E-state index is 12.1. The maximum Gasteiger partial charge on any atom is 0.420 e. The summed E-state index contributed by atoms with van der Waals surface area (Å²) in [5.41, 5.74) is -2.79. The number of amides is 3. The van der Waals surface area contributed by atoms with Crippen molar-refractivity contribution in [1.29, 1.82) is 0 Å². The van der Waals surface area contributed by atoms with Crippen molar-refractivity contribution < 1.29 is 22.8 Å². The van der Waals surface area contributed by atoms with E-state index in [1.54, 1.807) is 0 Å². The number of alkyl halides is 3. The SMILES string of the molecule is C[C@@]1(C(F)(F)F)NC(=O)NC1=O. The number of urea groups is 1. The fourth-order valence-electron chi connectivity index (χ4n) is 0.743. The van der Waals surface area contributed by atoms with Gasteiger partial charge in [-0.3, -0.25) is 10.1 Å². The largest absolute Gasteiger partial charge is 0.420 e. The van der Waals surface area contributed by atoms with Gasteiger partial charge in [-0.25, -0.2) is 4.79 Å². The van der Waals surface area contributed by atoms with Crippen molar-refractivity contribution in [2.45, 2.75) is 18.6 Å². The van der Waals surface area contributed by atoms with E-state index in [2.05, 4.69) is 0 Å². The van der Waals surface area contributed by atoms with Crippen LogP contribution in [0.3, 0.4) is 0 Å². The number of halogens is 3. The number of rotatable bonds is 0. The van der Waals surface area contributed by atoms with E-state index in [1.807, 2.05) is 0 Å². The lowest BCUT2D eigenvalue weighted by Crippen LogP contribution is -2.56. The molecule has 0 spiro atoms. The third-order valence-electron chi connectivity index (χ3n) is 1.61. The second-order valence-corrected chi connectivity index (χ2v) is 2.53. The molecule has 1 aliphatic heterocycles. The van der Waals surface area contributed by atoms with Crippen molar-refractivity contribution in [2.75, 3.05) is 0 Å². The molecule has 4 nitrogen and oxygen atoms in total. The Morgan fingerprint density at radius 2 is 1.83 bits per heavy atom. The van der Waals surface area contributed by atoms with Gasteiger partial charge in [-0.15, -0.1) is 0 Å². The molecule has 0 aliphatic carbocycles. The topological polar surface area (TPSA) is 58.2 Å². The van der Waals surface area contributed by atoms with Crippen molar-refractivity contribution in [3.8, 4) is 0 Å². The first kappa shape index (κ1) is 8.82. The predicted octanol–water partition coefficient (Wildman–Crippen LogP) is 0.147. The fourth-order valence-corrected chi connectivity index (χ4v) is 0.743. The highest BCUT2D eigenvalue weighted by atomic mass is 19.4. The molecule has 1 rings (SSSR count). The van der Waals surface area contributed by atoms with Crippen molar-refractivity contribution in [3.05, 3.63) is 0 Å². The Kier molecular flexibility index (Phi) is 1.55. The maximum absolute atomic E-state index is 12.1. The number of carbonyl (C=O) groups is 2. The summed E-state index contributed by atoms with van der Waals surface area (Å²) in [5.74, 6) is -1.37. The number of carbonyl (C=O) groups excluding carboxylic acids is 2. The summed E-state index contributed by atoms with van der Waals surface area (Å²) >= 11 is 0. The molecule has 1 fully saturated rings. The monoisotopic (exact) mass is 182 g/mol. The molecule has 2 N–H and O–H groups in total. The third kappa shape index (κ3) is 1.01. The van der Waals surface area contributed by atoms with Crippen LogP contribution < -0.4 is 10.6 Å². The van der Waals surface area contributed by atoms with Crippen LogP contribution in [0.15, 0.2) is 0 Å². The van der Waals surface area contributed by atoms with Gasteiger partial charge in [-0.05, 0) is 6.92 Å². The molecule has 0 saturated carbocycles. The van der Waals surface area contributed by atoms with Crippen LogP contribution in [0.25, 0.3) is 0 Å². The van der Waals surface area contributed by atoms with Gasteiger partial charge in [-0.2, -0.15) is 13.2 Å². The van der Waals surface area contributed by atoms with Gasteiger partial charge in [0.2, 0.25) is 5.54 Å². The standard InChI is InChI=1S/C5H5F3N2O2/c1-4(5(6,7)8)2(11)9-3(12)10-4/h1H3,(H2,9,10,11,12)/t4-/m1/s1. The second-order valence-electron chi connectivity index (χ2n) is 2.53. The molecule has 1 aliphatic rings. The zero-order chi connectivity index (χ0) is 9.57. The van der Waals surface area contributed by atoms with E-state index in [1.165, 1.54) is 10.6 Å². The highest BCUT2D eigenvalue weighted by Crippen LogP contribution is 2.31. The lowest BCUT2D eigenvalue weighted by atomic mass is 10.0. The van der Waals surface area contributed by atoms with E-state index >= 15 is 0 Å². The number of imide groups is 1. The van der Waals surface area contributed by atoms with Gasteiger partial charge in [0.05, 0.1) is 0 Å². The molecule has 0 aromatic rings. The van der Waals surface area contributed by atoms with E-state index in [4.69, 9.17) is 0 Å². The Labute approximate surface area is 65.1 Å². The normalized spacial score (nSPS) is 30.0. The Hall–Kier alpha value is -1.27. The summed E-state index contributed by atoms with van der Waals surface area (Å²) in [6, 6.07) is -1.13. The number of nitrogens with one attached hydrogen (secondary N) is 2. The van der Waals surface area contributed by atoms with Crippen LogP contribution in [-0.2, 0) is 4.79 Å². The molecular formula is C5H5F3N2O2. The summed E-state index contributed by atoms with van der Waals surface area (Å²) in [4.78, 5) is 21.0.